The normalized spacial score (nSPS) is 7.22. The highest BCUT2D eigenvalue weighted by molar-refractivity contribution is 7.99. The van der Waals surface area contributed by atoms with E-state index in [0.717, 1.165) is 11.5 Å². The van der Waals surface area contributed by atoms with Gasteiger partial charge < -0.3 is 5.73 Å². The third-order valence-corrected chi connectivity index (χ3v) is 1.47. The van der Waals surface area contributed by atoms with Crippen LogP contribution in [0.3, 0.4) is 0 Å². The minimum Gasteiger partial charge on any atom is -0.330 e. The molecule has 4 heteroatoms. The second-order valence-electron chi connectivity index (χ2n) is 1.19. The molecule has 0 aromatic carbocycles. The Bertz CT molecular complexity index is 93.0. The van der Waals surface area contributed by atoms with Crippen LogP contribution in [0.15, 0.2) is 6.08 Å². The zero-order valence-electron chi connectivity index (χ0n) is 5.00. The smallest absolute Gasteiger partial charge is 0.120 e. The molecule has 0 unspecified atom stereocenters. The second kappa shape index (κ2) is 10.9. The molecule has 0 saturated carbocycles. The Morgan fingerprint density at radius 2 is 2.33 bits per heavy atom. The molecule has 0 amide bonds. The minimum absolute atomic E-state index is 0. The summed E-state index contributed by atoms with van der Waals surface area (Å²) in [5, 5.41) is 0. The Morgan fingerprint density at radius 1 is 1.67 bits per heavy atom. The monoisotopic (exact) mass is 167 g/mol. The molecule has 0 bridgehead atoms. The molecule has 54 valence electrons. The van der Waals surface area contributed by atoms with Crippen LogP contribution in [0.1, 0.15) is 0 Å². The van der Waals surface area contributed by atoms with E-state index in [4.69, 9.17) is 5.73 Å². The molecule has 0 aromatic heterocycles. The molecule has 2 nitrogen and oxygen atoms in total. The number of rotatable bonds is 4. The van der Waals surface area contributed by atoms with Crippen molar-refractivity contribution in [2.75, 3.05) is 18.1 Å². The summed E-state index contributed by atoms with van der Waals surface area (Å²) in [5.74, 6) is 3.34. The first-order chi connectivity index (χ1) is 3.91. The summed E-state index contributed by atoms with van der Waals surface area (Å²) < 4.78 is 0. The number of thioether (sulfide) groups is 1. The lowest BCUT2D eigenvalue weighted by atomic mass is 10.8. The molecule has 0 spiro atoms. The quantitative estimate of drug-likeness (QED) is 0.490. The van der Waals surface area contributed by atoms with Crippen LogP contribution in [0, 0.1) is 0 Å². The Balaban J connectivity index is 0. The summed E-state index contributed by atoms with van der Waals surface area (Å²) in [4.78, 5) is 9.54. The van der Waals surface area contributed by atoms with E-state index in [1.807, 2.05) is 0 Å². The average Bonchev–Trinajstić information content (AvgIpc) is 1.81. The van der Waals surface area contributed by atoms with E-state index in [2.05, 4.69) is 0 Å². The van der Waals surface area contributed by atoms with Crippen LogP contribution in [-0.2, 0) is 4.79 Å². The highest BCUT2D eigenvalue weighted by Crippen LogP contribution is 1.95. The molecular formula is C5H10ClNOS. The fourth-order valence-electron chi connectivity index (χ4n) is 0.260. The number of nitrogens with two attached hydrogens (primary N) is 1. The molecule has 0 saturated heterocycles. The van der Waals surface area contributed by atoms with Gasteiger partial charge in [0.2, 0.25) is 0 Å². The van der Waals surface area contributed by atoms with Gasteiger partial charge in [-0.2, -0.15) is 11.8 Å². The van der Waals surface area contributed by atoms with Crippen molar-refractivity contribution in [2.24, 2.45) is 5.73 Å². The van der Waals surface area contributed by atoms with Crippen LogP contribution >= 0.6 is 24.2 Å². The molecule has 0 aliphatic heterocycles. The third kappa shape index (κ3) is 11.6. The lowest BCUT2D eigenvalue weighted by molar-refractivity contribution is 0.568. The third-order valence-electron chi connectivity index (χ3n) is 0.547. The van der Waals surface area contributed by atoms with Crippen LogP contribution < -0.4 is 5.73 Å². The molecule has 0 rings (SSSR count). The maximum atomic E-state index is 9.54. The largest absolute Gasteiger partial charge is 0.330 e. The Hall–Kier alpha value is 0.0500. The van der Waals surface area contributed by atoms with Gasteiger partial charge in [0.15, 0.2) is 0 Å². The maximum Gasteiger partial charge on any atom is 0.120 e. The SMILES string of the molecule is Cl.NCCSCC=C=O. The summed E-state index contributed by atoms with van der Waals surface area (Å²) in [5.41, 5.74) is 5.18. The van der Waals surface area contributed by atoms with Gasteiger partial charge in [0.05, 0.1) is 0 Å². The average molecular weight is 168 g/mol. The molecule has 0 radical (unpaired) electrons. The van der Waals surface area contributed by atoms with E-state index < -0.39 is 0 Å². The first-order valence-corrected chi connectivity index (χ1v) is 3.54. The van der Waals surface area contributed by atoms with Crippen molar-refractivity contribution in [2.45, 2.75) is 0 Å². The molecule has 0 aromatic rings. The van der Waals surface area contributed by atoms with Gasteiger partial charge in [0.25, 0.3) is 0 Å². The van der Waals surface area contributed by atoms with E-state index in [1.165, 1.54) is 6.08 Å². The fraction of sp³-hybridized carbons (Fsp3) is 0.600. The highest BCUT2D eigenvalue weighted by atomic mass is 35.5. The molecule has 0 aliphatic rings. The van der Waals surface area contributed by atoms with Crippen LogP contribution in [-0.4, -0.2) is 24.0 Å². The lowest BCUT2D eigenvalue weighted by Gasteiger charge is -1.88. The van der Waals surface area contributed by atoms with E-state index in [-0.39, 0.29) is 12.4 Å². The van der Waals surface area contributed by atoms with E-state index in [1.54, 1.807) is 17.7 Å². The van der Waals surface area contributed by atoms with Gasteiger partial charge in [-0.15, -0.1) is 12.4 Å². The standard InChI is InChI=1S/C5H9NOS.ClH/c6-2-5-8-4-1-3-7;/h1H,2,4-6H2;1H. The lowest BCUT2D eigenvalue weighted by Crippen LogP contribution is -2.01. The molecule has 0 aliphatic carbocycles. The van der Waals surface area contributed by atoms with E-state index >= 15 is 0 Å². The second-order valence-corrected chi connectivity index (χ2v) is 2.34. The number of hydrogen-bond donors (Lipinski definition) is 1. The fourth-order valence-corrected chi connectivity index (χ4v) is 0.779. The number of carbonyl (C=O) groups excluding carboxylic acids is 1. The van der Waals surface area contributed by atoms with Gasteiger partial charge in [-0.25, -0.2) is 4.79 Å². The molecule has 2 N–H and O–H groups in total. The first-order valence-electron chi connectivity index (χ1n) is 2.39. The molecule has 9 heavy (non-hydrogen) atoms. The minimum atomic E-state index is 0. The summed E-state index contributed by atoms with van der Waals surface area (Å²) in [6.45, 7) is 0.678. The van der Waals surface area contributed by atoms with E-state index in [9.17, 15) is 4.79 Å². The Kier molecular flexibility index (Phi) is 14.3. The van der Waals surface area contributed by atoms with E-state index in [0.29, 0.717) is 6.54 Å². The van der Waals surface area contributed by atoms with Crippen LogP contribution in [0.5, 0.6) is 0 Å². The van der Waals surface area contributed by atoms with Gasteiger partial charge in [0, 0.05) is 24.1 Å². The van der Waals surface area contributed by atoms with Crippen molar-refractivity contribution in [1.29, 1.82) is 0 Å². The maximum absolute atomic E-state index is 9.54. The van der Waals surface area contributed by atoms with Crippen molar-refractivity contribution < 1.29 is 4.79 Å². The molecule has 0 fully saturated rings. The van der Waals surface area contributed by atoms with Crippen LogP contribution in [0.25, 0.3) is 0 Å². The van der Waals surface area contributed by atoms with Crippen LogP contribution in [0.2, 0.25) is 0 Å². The van der Waals surface area contributed by atoms with Crippen molar-refractivity contribution in [1.82, 2.24) is 0 Å². The number of hydrogen-bond acceptors (Lipinski definition) is 3. The van der Waals surface area contributed by atoms with Crippen molar-refractivity contribution in [3.8, 4) is 0 Å². The van der Waals surface area contributed by atoms with Crippen molar-refractivity contribution in [3.05, 3.63) is 6.08 Å². The topological polar surface area (TPSA) is 43.1 Å². The van der Waals surface area contributed by atoms with Gasteiger partial charge in [-0.1, -0.05) is 0 Å². The summed E-state index contributed by atoms with van der Waals surface area (Å²) in [6, 6.07) is 0. The van der Waals surface area contributed by atoms with Crippen LogP contribution in [0.4, 0.5) is 0 Å². The van der Waals surface area contributed by atoms with Gasteiger partial charge in [-0.05, 0) is 0 Å². The summed E-state index contributed by atoms with van der Waals surface area (Å²) in [7, 11) is 0. The summed E-state index contributed by atoms with van der Waals surface area (Å²) >= 11 is 1.63. The number of halogens is 1. The molecule has 0 atom stereocenters. The Morgan fingerprint density at radius 3 is 2.78 bits per heavy atom. The predicted octanol–water partition coefficient (Wildman–Crippen LogP) is 0.488. The van der Waals surface area contributed by atoms with Crippen molar-refractivity contribution in [3.63, 3.8) is 0 Å². The molecular weight excluding hydrogens is 158 g/mol. The van der Waals surface area contributed by atoms with Gasteiger partial charge >= 0.3 is 0 Å². The van der Waals surface area contributed by atoms with Gasteiger partial charge in [0.1, 0.15) is 5.94 Å². The Labute approximate surface area is 65.3 Å². The zero-order valence-corrected chi connectivity index (χ0v) is 6.63. The predicted molar refractivity (Wildman–Crippen MR) is 43.9 cm³/mol. The summed E-state index contributed by atoms with van der Waals surface area (Å²) in [6.07, 6.45) is 1.46. The molecule has 0 heterocycles. The zero-order chi connectivity index (χ0) is 6.24. The van der Waals surface area contributed by atoms with Gasteiger partial charge in [-0.3, -0.25) is 0 Å². The van der Waals surface area contributed by atoms with Crippen molar-refractivity contribution >= 4 is 30.1 Å². The first kappa shape index (κ1) is 11.8. The highest BCUT2D eigenvalue weighted by Gasteiger charge is 1.79.